The first-order chi connectivity index (χ1) is 4.72. The predicted octanol–water partition coefficient (Wildman–Crippen LogP) is 0.491. The largest absolute Gasteiger partial charge is 0.507 e. The second-order valence-corrected chi connectivity index (χ2v) is 1.88. The summed E-state index contributed by atoms with van der Waals surface area (Å²) in [6.07, 6.45) is 0. The van der Waals surface area contributed by atoms with Crippen LogP contribution in [0.25, 0.3) is 0 Å². The van der Waals surface area contributed by atoms with Gasteiger partial charge in [-0.3, -0.25) is 4.79 Å². The van der Waals surface area contributed by atoms with Gasteiger partial charge in [0.15, 0.2) is 0 Å². The highest BCUT2D eigenvalue weighted by atomic mass is 16.3. The maximum Gasteiger partial charge on any atom is 0.252 e. The van der Waals surface area contributed by atoms with Gasteiger partial charge in [-0.25, -0.2) is 0 Å². The number of aromatic hydroxyl groups is 1. The van der Waals surface area contributed by atoms with Crippen molar-refractivity contribution in [2.75, 3.05) is 0 Å². The van der Waals surface area contributed by atoms with Crippen molar-refractivity contribution in [2.24, 2.45) is 5.73 Å². The second kappa shape index (κ2) is 2.39. The monoisotopic (exact) mass is 136 g/mol. The molecule has 1 amide bonds. The standard InChI is InChI=1S/C7H7NO2/c8-7(10)5-3-1-2-4-6(5)9/h1-4,9H,(H2,8,10)/i7-1. The van der Waals surface area contributed by atoms with Crippen LogP contribution in [0, 0.1) is 0 Å². The maximum absolute atomic E-state index is 10.5. The van der Waals surface area contributed by atoms with Crippen LogP contribution in [-0.2, 0) is 0 Å². The lowest BCUT2D eigenvalue weighted by atomic mass is 9.90. The fourth-order valence-electron chi connectivity index (χ4n) is 0.682. The molecular weight excluding hydrogens is 129 g/mol. The van der Waals surface area contributed by atoms with E-state index in [1.165, 1.54) is 12.1 Å². The maximum atomic E-state index is 10.5. The Balaban J connectivity index is 3.15. The van der Waals surface area contributed by atoms with Gasteiger partial charge in [-0.2, -0.15) is 0 Å². The van der Waals surface area contributed by atoms with Crippen LogP contribution in [0.4, 0.5) is 0 Å². The summed E-state index contributed by atoms with van der Waals surface area (Å²) in [6.45, 7) is 0. The molecule has 0 aliphatic heterocycles. The van der Waals surface area contributed by atoms with Crippen LogP contribution >= 0.6 is 0 Å². The molecule has 3 nitrogen and oxygen atoms in total. The molecule has 0 saturated carbocycles. The topological polar surface area (TPSA) is 63.3 Å². The summed E-state index contributed by atoms with van der Waals surface area (Å²) in [6, 6.07) is 6.15. The van der Waals surface area contributed by atoms with Crippen LogP contribution in [0.3, 0.4) is 0 Å². The van der Waals surface area contributed by atoms with Crippen molar-refractivity contribution in [3.05, 3.63) is 29.8 Å². The number of hydrogen-bond acceptors (Lipinski definition) is 2. The van der Waals surface area contributed by atoms with Crippen LogP contribution in [0.2, 0.25) is 0 Å². The van der Waals surface area contributed by atoms with Gasteiger partial charge < -0.3 is 10.8 Å². The molecule has 0 atom stereocenters. The Kier molecular flexibility index (Phi) is 1.58. The third-order valence-corrected chi connectivity index (χ3v) is 1.17. The van der Waals surface area contributed by atoms with Gasteiger partial charge in [-0.1, -0.05) is 12.1 Å². The number of carbonyl (C=O) groups is 1. The quantitative estimate of drug-likeness (QED) is 0.590. The first-order valence-electron chi connectivity index (χ1n) is 2.79. The van der Waals surface area contributed by atoms with E-state index in [9.17, 15) is 4.79 Å². The molecule has 1 rings (SSSR count). The van der Waals surface area contributed by atoms with Gasteiger partial charge >= 0.3 is 0 Å². The smallest absolute Gasteiger partial charge is 0.252 e. The van der Waals surface area contributed by atoms with Crippen LogP contribution in [0.15, 0.2) is 24.3 Å². The molecule has 0 aromatic heterocycles. The molecule has 0 saturated heterocycles. The molecule has 0 spiro atoms. The van der Waals surface area contributed by atoms with E-state index < -0.39 is 5.91 Å². The number of carbonyl (C=O) groups excluding carboxylic acids is 1. The van der Waals surface area contributed by atoms with E-state index in [-0.39, 0.29) is 11.3 Å². The molecule has 0 fully saturated rings. The SMILES string of the molecule is N[11C](=O)c1ccccc1O. The summed E-state index contributed by atoms with van der Waals surface area (Å²) in [5, 5.41) is 8.98. The van der Waals surface area contributed by atoms with E-state index in [0.29, 0.717) is 0 Å². The number of para-hydroxylation sites is 1. The number of benzene rings is 1. The number of rotatable bonds is 1. The van der Waals surface area contributed by atoms with Crippen molar-refractivity contribution in [1.29, 1.82) is 0 Å². The Morgan fingerprint density at radius 1 is 1.40 bits per heavy atom. The molecule has 0 aliphatic carbocycles. The fourth-order valence-corrected chi connectivity index (χ4v) is 0.682. The number of amides is 1. The molecule has 52 valence electrons. The van der Waals surface area contributed by atoms with Crippen LogP contribution < -0.4 is 5.73 Å². The van der Waals surface area contributed by atoms with E-state index in [0.717, 1.165) is 0 Å². The number of nitrogens with two attached hydrogens (primary N) is 1. The van der Waals surface area contributed by atoms with Crippen LogP contribution in [-0.4, -0.2) is 11.0 Å². The molecule has 3 N–H and O–H groups in total. The lowest BCUT2D eigenvalue weighted by Gasteiger charge is -1.96. The molecule has 10 heavy (non-hydrogen) atoms. The van der Waals surface area contributed by atoms with Gasteiger partial charge in [-0.15, -0.1) is 0 Å². The summed E-state index contributed by atoms with van der Waals surface area (Å²) in [5.74, 6) is -0.687. The molecule has 0 radical (unpaired) electrons. The zero-order chi connectivity index (χ0) is 7.56. The normalized spacial score (nSPS) is 9.20. The van der Waals surface area contributed by atoms with Crippen molar-refractivity contribution in [3.63, 3.8) is 0 Å². The second-order valence-electron chi connectivity index (χ2n) is 1.88. The third kappa shape index (κ3) is 1.07. The van der Waals surface area contributed by atoms with Gasteiger partial charge in [0.25, 0.3) is 5.91 Å². The van der Waals surface area contributed by atoms with Crippen molar-refractivity contribution in [3.8, 4) is 5.75 Å². The Morgan fingerprint density at radius 3 is 2.40 bits per heavy atom. The average molecular weight is 136 g/mol. The van der Waals surface area contributed by atoms with Crippen molar-refractivity contribution in [1.82, 2.24) is 0 Å². The molecule has 3 heteroatoms. The van der Waals surface area contributed by atoms with Gasteiger partial charge in [0.05, 0.1) is 5.56 Å². The highest BCUT2D eigenvalue weighted by Crippen LogP contribution is 2.13. The van der Waals surface area contributed by atoms with Gasteiger partial charge in [0.2, 0.25) is 0 Å². The minimum absolute atomic E-state index is 0.0741. The number of primary amides is 1. The van der Waals surface area contributed by atoms with E-state index in [4.69, 9.17) is 10.8 Å². The number of phenols is 1. The van der Waals surface area contributed by atoms with Crippen molar-refractivity contribution >= 4 is 5.91 Å². The van der Waals surface area contributed by atoms with Gasteiger partial charge in [0, 0.05) is 0 Å². The van der Waals surface area contributed by atoms with E-state index in [1.807, 2.05) is 0 Å². The lowest BCUT2D eigenvalue weighted by molar-refractivity contribution is 0.0998. The molecule has 0 aliphatic rings. The lowest BCUT2D eigenvalue weighted by Crippen LogP contribution is -2.10. The van der Waals surface area contributed by atoms with Gasteiger partial charge in [-0.05, 0) is 12.1 Å². The minimum Gasteiger partial charge on any atom is -0.507 e. The predicted molar refractivity (Wildman–Crippen MR) is 36.6 cm³/mol. The van der Waals surface area contributed by atoms with E-state index in [2.05, 4.69) is 0 Å². The molecule has 0 heterocycles. The molecule has 1 aromatic rings. The summed E-state index contributed by atoms with van der Waals surface area (Å²) in [7, 11) is 0. The summed E-state index contributed by atoms with van der Waals surface area (Å²) in [5.41, 5.74) is 5.07. The first kappa shape index (κ1) is 6.61. The average Bonchev–Trinajstić information content (AvgIpc) is 1.88. The van der Waals surface area contributed by atoms with E-state index in [1.54, 1.807) is 12.1 Å². The fraction of sp³-hybridized carbons (Fsp3) is 0. The van der Waals surface area contributed by atoms with Gasteiger partial charge in [0.1, 0.15) is 5.75 Å². The third-order valence-electron chi connectivity index (χ3n) is 1.17. The van der Waals surface area contributed by atoms with Crippen LogP contribution in [0.1, 0.15) is 10.4 Å². The molecule has 0 unspecified atom stereocenters. The zero-order valence-electron chi connectivity index (χ0n) is 5.24. The summed E-state index contributed by atoms with van der Waals surface area (Å²) in [4.78, 5) is 10.5. The van der Waals surface area contributed by atoms with E-state index >= 15 is 0 Å². The molecule has 1 aromatic carbocycles. The van der Waals surface area contributed by atoms with Crippen molar-refractivity contribution in [2.45, 2.75) is 0 Å². The Labute approximate surface area is 58.1 Å². The first-order valence-corrected chi connectivity index (χ1v) is 2.79. The Hall–Kier alpha value is -1.51. The summed E-state index contributed by atoms with van der Waals surface area (Å²) < 4.78 is 0. The highest BCUT2D eigenvalue weighted by Gasteiger charge is 2.03. The van der Waals surface area contributed by atoms with Crippen LogP contribution in [0.5, 0.6) is 5.75 Å². The van der Waals surface area contributed by atoms with Crippen molar-refractivity contribution < 1.29 is 9.90 Å². The zero-order valence-corrected chi connectivity index (χ0v) is 5.24. The molecule has 0 bridgehead atoms. The summed E-state index contributed by atoms with van der Waals surface area (Å²) >= 11 is 0. The highest BCUT2D eigenvalue weighted by molar-refractivity contribution is 5.95. The molecular formula is C7H7NO2. The Bertz CT molecular complexity index is 258. The Morgan fingerprint density at radius 2 is 2.00 bits per heavy atom. The minimum atomic E-state index is -0.613. The number of hydrogen-bond donors (Lipinski definition) is 2.